The molecule has 0 spiro atoms. The number of nitrogens with zero attached hydrogens (tertiary/aromatic N) is 1. The van der Waals surface area contributed by atoms with Gasteiger partial charge in [-0.2, -0.15) is 18.4 Å². The first-order valence-electron chi connectivity index (χ1n) is 8.57. The quantitative estimate of drug-likeness (QED) is 0.508. The molecule has 0 atom stereocenters. The number of hydrogen-bond acceptors (Lipinski definition) is 3. The Balaban J connectivity index is 2.72. The van der Waals surface area contributed by atoms with E-state index in [0.717, 1.165) is 44.2 Å². The van der Waals surface area contributed by atoms with Crippen molar-refractivity contribution in [3.63, 3.8) is 0 Å². The van der Waals surface area contributed by atoms with Crippen LogP contribution in [0.5, 0.6) is 0 Å². The summed E-state index contributed by atoms with van der Waals surface area (Å²) < 4.78 is 64.3. The maximum Gasteiger partial charge on any atom is 0.418 e. The van der Waals surface area contributed by atoms with E-state index in [-0.39, 0.29) is 5.75 Å². The Labute approximate surface area is 147 Å². The summed E-state index contributed by atoms with van der Waals surface area (Å²) in [4.78, 5) is -0.790. The van der Waals surface area contributed by atoms with E-state index in [9.17, 15) is 21.6 Å². The van der Waals surface area contributed by atoms with E-state index in [1.165, 1.54) is 18.6 Å². The average Bonchev–Trinajstić information content (AvgIpc) is 2.55. The fraction of sp³-hybridized carbons (Fsp3) is 0.611. The van der Waals surface area contributed by atoms with Crippen LogP contribution in [0.2, 0.25) is 0 Å². The van der Waals surface area contributed by atoms with E-state index in [2.05, 4.69) is 6.92 Å². The van der Waals surface area contributed by atoms with Gasteiger partial charge in [0.2, 0.25) is 0 Å². The summed E-state index contributed by atoms with van der Waals surface area (Å²) in [7, 11) is -4.08. The van der Waals surface area contributed by atoms with Gasteiger partial charge in [0.05, 0.1) is 27.8 Å². The normalized spacial score (nSPS) is 12.1. The average molecular weight is 375 g/mol. The molecule has 1 rings (SSSR count). The second-order valence-corrected chi connectivity index (χ2v) is 8.16. The van der Waals surface area contributed by atoms with Crippen LogP contribution in [0.25, 0.3) is 0 Å². The van der Waals surface area contributed by atoms with E-state index < -0.39 is 32.0 Å². The first-order valence-corrected chi connectivity index (χ1v) is 10.2. The van der Waals surface area contributed by atoms with E-state index in [0.29, 0.717) is 12.8 Å². The molecule has 0 fully saturated rings. The van der Waals surface area contributed by atoms with Gasteiger partial charge in [-0.3, -0.25) is 0 Å². The topological polar surface area (TPSA) is 57.9 Å². The fourth-order valence-corrected chi connectivity index (χ4v) is 4.34. The van der Waals surface area contributed by atoms with Gasteiger partial charge in [0, 0.05) is 0 Å². The Morgan fingerprint density at radius 2 is 1.56 bits per heavy atom. The first kappa shape index (κ1) is 21.5. The van der Waals surface area contributed by atoms with Crippen molar-refractivity contribution in [2.24, 2.45) is 0 Å². The molecule has 1 aromatic carbocycles. The van der Waals surface area contributed by atoms with Crippen LogP contribution in [0.4, 0.5) is 13.2 Å². The molecule has 0 aliphatic carbocycles. The number of sulfone groups is 1. The minimum Gasteiger partial charge on any atom is -0.224 e. The fourth-order valence-electron chi connectivity index (χ4n) is 2.71. The lowest BCUT2D eigenvalue weighted by Gasteiger charge is -2.14. The van der Waals surface area contributed by atoms with Crippen LogP contribution in [0.1, 0.15) is 69.4 Å². The van der Waals surface area contributed by atoms with Gasteiger partial charge >= 0.3 is 6.18 Å². The summed E-state index contributed by atoms with van der Waals surface area (Å²) in [6.45, 7) is 2.13. The van der Waals surface area contributed by atoms with Crippen LogP contribution >= 0.6 is 0 Å². The Hall–Kier alpha value is -1.55. The summed E-state index contributed by atoms with van der Waals surface area (Å²) >= 11 is 0. The second-order valence-electron chi connectivity index (χ2n) is 6.08. The molecular formula is C18H24F3NO2S. The zero-order chi connectivity index (χ0) is 18.9. The molecule has 25 heavy (non-hydrogen) atoms. The zero-order valence-corrected chi connectivity index (χ0v) is 15.2. The lowest BCUT2D eigenvalue weighted by molar-refractivity contribution is -0.140. The predicted molar refractivity (Wildman–Crippen MR) is 90.8 cm³/mol. The highest BCUT2D eigenvalue weighted by Crippen LogP contribution is 2.37. The van der Waals surface area contributed by atoms with Crippen molar-refractivity contribution >= 4 is 9.84 Å². The van der Waals surface area contributed by atoms with E-state index in [4.69, 9.17) is 5.26 Å². The molecule has 0 aromatic heterocycles. The summed E-state index contributed by atoms with van der Waals surface area (Å²) in [5.74, 6) is -0.333. The molecule has 0 aliphatic heterocycles. The monoisotopic (exact) mass is 375 g/mol. The van der Waals surface area contributed by atoms with Crippen molar-refractivity contribution in [1.82, 2.24) is 0 Å². The highest BCUT2D eigenvalue weighted by Gasteiger charge is 2.39. The van der Waals surface area contributed by atoms with Crippen molar-refractivity contribution in [1.29, 1.82) is 5.26 Å². The SMILES string of the molecule is CCCCCCCCCCS(=O)(=O)c1cccc(C#N)c1C(F)(F)F. The van der Waals surface area contributed by atoms with Gasteiger partial charge in [-0.25, -0.2) is 8.42 Å². The molecule has 0 heterocycles. The number of hydrogen-bond donors (Lipinski definition) is 0. The summed E-state index contributed by atoms with van der Waals surface area (Å²) in [6.07, 6.45) is 2.60. The van der Waals surface area contributed by atoms with Gasteiger partial charge in [-0.15, -0.1) is 0 Å². The summed E-state index contributed by atoms with van der Waals surface area (Å²) in [5.41, 5.74) is -2.01. The van der Waals surface area contributed by atoms with Crippen LogP contribution in [-0.4, -0.2) is 14.2 Å². The summed E-state index contributed by atoms with van der Waals surface area (Å²) in [6, 6.07) is 4.52. The molecule has 0 amide bonds. The molecule has 0 bridgehead atoms. The Morgan fingerprint density at radius 1 is 1.00 bits per heavy atom. The van der Waals surface area contributed by atoms with Gasteiger partial charge in [0.1, 0.15) is 0 Å². The van der Waals surface area contributed by atoms with Crippen molar-refractivity contribution in [2.75, 3.05) is 5.75 Å². The molecule has 0 saturated carbocycles. The Morgan fingerprint density at radius 3 is 2.08 bits per heavy atom. The third-order valence-corrected chi connectivity index (χ3v) is 5.87. The van der Waals surface area contributed by atoms with Gasteiger partial charge in [-0.1, -0.05) is 57.9 Å². The molecule has 140 valence electrons. The van der Waals surface area contributed by atoms with E-state index in [1.807, 2.05) is 0 Å². The van der Waals surface area contributed by atoms with Crippen molar-refractivity contribution < 1.29 is 21.6 Å². The molecule has 1 aromatic rings. The zero-order valence-electron chi connectivity index (χ0n) is 14.4. The lowest BCUT2D eigenvalue weighted by Crippen LogP contribution is -2.17. The van der Waals surface area contributed by atoms with E-state index in [1.54, 1.807) is 0 Å². The molecule has 0 N–H and O–H groups in total. The standard InChI is InChI=1S/C18H24F3NO2S/c1-2-3-4-5-6-7-8-9-13-25(23,24)16-12-10-11-15(14-22)17(16)18(19,20)21/h10-12H,2-9,13H2,1H3. The number of nitriles is 1. The van der Waals surface area contributed by atoms with Gasteiger partial charge < -0.3 is 0 Å². The third-order valence-electron chi connectivity index (χ3n) is 4.03. The first-order chi connectivity index (χ1) is 11.7. The highest BCUT2D eigenvalue weighted by atomic mass is 32.2. The van der Waals surface area contributed by atoms with Crippen molar-refractivity contribution in [3.05, 3.63) is 29.3 Å². The smallest absolute Gasteiger partial charge is 0.224 e. The number of benzene rings is 1. The second kappa shape index (κ2) is 9.81. The molecule has 0 unspecified atom stereocenters. The number of unbranched alkanes of at least 4 members (excludes halogenated alkanes) is 7. The number of alkyl halides is 3. The minimum absolute atomic E-state index is 0.324. The van der Waals surface area contributed by atoms with Gasteiger partial charge in [0.25, 0.3) is 0 Å². The largest absolute Gasteiger partial charge is 0.418 e. The van der Waals surface area contributed by atoms with Gasteiger partial charge in [-0.05, 0) is 18.6 Å². The van der Waals surface area contributed by atoms with Crippen LogP contribution in [0.3, 0.4) is 0 Å². The van der Waals surface area contributed by atoms with Crippen LogP contribution in [0, 0.1) is 11.3 Å². The predicted octanol–water partition coefficient (Wildman–Crippen LogP) is 5.49. The van der Waals surface area contributed by atoms with E-state index >= 15 is 0 Å². The number of rotatable bonds is 10. The highest BCUT2D eigenvalue weighted by molar-refractivity contribution is 7.91. The van der Waals surface area contributed by atoms with Crippen molar-refractivity contribution in [3.8, 4) is 6.07 Å². The number of halogens is 3. The molecular weight excluding hydrogens is 351 g/mol. The third kappa shape index (κ3) is 6.69. The minimum atomic E-state index is -4.88. The molecule has 0 aliphatic rings. The molecule has 0 saturated heterocycles. The molecule has 0 radical (unpaired) electrons. The maximum absolute atomic E-state index is 13.2. The molecule has 7 heteroatoms. The Bertz CT molecular complexity index is 691. The van der Waals surface area contributed by atoms with Gasteiger partial charge in [0.15, 0.2) is 9.84 Å². The summed E-state index contributed by atoms with van der Waals surface area (Å²) in [5, 5.41) is 8.86. The van der Waals surface area contributed by atoms with Crippen molar-refractivity contribution in [2.45, 2.75) is 69.4 Å². The Kier molecular flexibility index (Phi) is 8.43. The maximum atomic E-state index is 13.2. The van der Waals surface area contributed by atoms with Crippen LogP contribution < -0.4 is 0 Å². The van der Waals surface area contributed by atoms with Crippen LogP contribution in [0.15, 0.2) is 23.1 Å². The lowest BCUT2D eigenvalue weighted by atomic mass is 10.1. The molecule has 3 nitrogen and oxygen atoms in total. The van der Waals surface area contributed by atoms with Crippen LogP contribution in [-0.2, 0) is 16.0 Å².